The van der Waals surface area contributed by atoms with Crippen LogP contribution in [-0.2, 0) is 6.54 Å². The van der Waals surface area contributed by atoms with Gasteiger partial charge in [0.2, 0.25) is 5.91 Å². The molecule has 3 N–H and O–H groups in total. The van der Waals surface area contributed by atoms with E-state index in [1.54, 1.807) is 6.07 Å². The number of halogens is 1. The summed E-state index contributed by atoms with van der Waals surface area (Å²) >= 11 is 0. The Kier molecular flexibility index (Phi) is 5.70. The highest BCUT2D eigenvalue weighted by Crippen LogP contribution is 2.16. The van der Waals surface area contributed by atoms with Crippen molar-refractivity contribution in [3.63, 3.8) is 0 Å². The lowest BCUT2D eigenvalue weighted by atomic mass is 9.98. The van der Waals surface area contributed by atoms with Crippen molar-refractivity contribution in [2.45, 2.75) is 26.3 Å². The molecule has 21 heavy (non-hydrogen) atoms. The number of hydrogen-bond acceptors (Lipinski definition) is 3. The van der Waals surface area contributed by atoms with Crippen LogP contribution in [0, 0.1) is 11.7 Å². The molecule has 1 fully saturated rings. The molecule has 4 nitrogen and oxygen atoms in total. The van der Waals surface area contributed by atoms with Gasteiger partial charge < -0.3 is 11.1 Å². The van der Waals surface area contributed by atoms with Crippen LogP contribution in [-0.4, -0.2) is 37.0 Å². The van der Waals surface area contributed by atoms with Crippen molar-refractivity contribution in [1.29, 1.82) is 0 Å². The number of nitrogens with zero attached hydrogens (tertiary/aromatic N) is 1. The molecule has 0 bridgehead atoms. The molecule has 1 aromatic rings. The lowest BCUT2D eigenvalue weighted by Crippen LogP contribution is -2.38. The number of rotatable bonds is 6. The SMILES string of the molecule is CCN(Cc1cc(C(N)=O)ccc1F)CC1CCCNC1. The monoisotopic (exact) mass is 293 g/mol. The maximum Gasteiger partial charge on any atom is 0.248 e. The Hall–Kier alpha value is -1.46. The Balaban J connectivity index is 2.03. The molecule has 0 radical (unpaired) electrons. The number of benzene rings is 1. The second-order valence-electron chi connectivity index (χ2n) is 5.71. The summed E-state index contributed by atoms with van der Waals surface area (Å²) in [7, 11) is 0. The highest BCUT2D eigenvalue weighted by atomic mass is 19.1. The number of carbonyl (C=O) groups excluding carboxylic acids is 1. The van der Waals surface area contributed by atoms with Crippen molar-refractivity contribution in [3.8, 4) is 0 Å². The van der Waals surface area contributed by atoms with Gasteiger partial charge in [-0.05, 0) is 56.6 Å². The summed E-state index contributed by atoms with van der Waals surface area (Å²) in [4.78, 5) is 13.4. The standard InChI is InChI=1S/C16H24FN3O/c1-2-20(10-12-4-3-7-19-9-12)11-14-8-13(16(18)21)5-6-15(14)17/h5-6,8,12,19H,2-4,7,9-11H2,1H3,(H2,18,21). The topological polar surface area (TPSA) is 58.4 Å². The highest BCUT2D eigenvalue weighted by Gasteiger charge is 2.17. The summed E-state index contributed by atoms with van der Waals surface area (Å²) < 4.78 is 13.9. The Morgan fingerprint density at radius 2 is 2.33 bits per heavy atom. The van der Waals surface area contributed by atoms with Crippen molar-refractivity contribution in [1.82, 2.24) is 10.2 Å². The molecule has 0 aromatic heterocycles. The highest BCUT2D eigenvalue weighted by molar-refractivity contribution is 5.92. The maximum absolute atomic E-state index is 13.9. The first-order valence-corrected chi connectivity index (χ1v) is 7.61. The van der Waals surface area contributed by atoms with Crippen LogP contribution in [0.25, 0.3) is 0 Å². The largest absolute Gasteiger partial charge is 0.366 e. The Labute approximate surface area is 125 Å². The zero-order chi connectivity index (χ0) is 15.2. The summed E-state index contributed by atoms with van der Waals surface area (Å²) in [6.07, 6.45) is 2.42. The van der Waals surface area contributed by atoms with Crippen LogP contribution in [0.4, 0.5) is 4.39 Å². The first-order valence-electron chi connectivity index (χ1n) is 7.61. The molecular formula is C16H24FN3O. The number of nitrogens with one attached hydrogen (secondary N) is 1. The van der Waals surface area contributed by atoms with Crippen molar-refractivity contribution in [3.05, 3.63) is 35.1 Å². The van der Waals surface area contributed by atoms with E-state index in [-0.39, 0.29) is 5.82 Å². The van der Waals surface area contributed by atoms with Gasteiger partial charge in [0.05, 0.1) is 0 Å². The van der Waals surface area contributed by atoms with Gasteiger partial charge in [0.25, 0.3) is 0 Å². The Morgan fingerprint density at radius 3 is 2.95 bits per heavy atom. The fourth-order valence-electron chi connectivity index (χ4n) is 2.84. The van der Waals surface area contributed by atoms with E-state index in [9.17, 15) is 9.18 Å². The van der Waals surface area contributed by atoms with Crippen LogP contribution in [0.2, 0.25) is 0 Å². The van der Waals surface area contributed by atoms with E-state index in [0.29, 0.717) is 23.6 Å². The third kappa shape index (κ3) is 4.51. The first kappa shape index (κ1) is 15.9. The molecule has 1 atom stereocenters. The van der Waals surface area contributed by atoms with Gasteiger partial charge >= 0.3 is 0 Å². The summed E-state index contributed by atoms with van der Waals surface area (Å²) in [6, 6.07) is 4.33. The molecule has 1 unspecified atom stereocenters. The molecule has 2 rings (SSSR count). The van der Waals surface area contributed by atoms with Crippen LogP contribution >= 0.6 is 0 Å². The van der Waals surface area contributed by atoms with Gasteiger partial charge in [0, 0.05) is 24.2 Å². The van der Waals surface area contributed by atoms with E-state index in [4.69, 9.17) is 5.73 Å². The predicted molar refractivity (Wildman–Crippen MR) is 81.5 cm³/mol. The van der Waals surface area contributed by atoms with Crippen LogP contribution in [0.1, 0.15) is 35.7 Å². The average Bonchev–Trinajstić information content (AvgIpc) is 2.49. The number of nitrogens with two attached hydrogens (primary N) is 1. The molecule has 0 saturated carbocycles. The normalized spacial score (nSPS) is 18.9. The number of hydrogen-bond donors (Lipinski definition) is 2. The summed E-state index contributed by atoms with van der Waals surface area (Å²) in [5.41, 5.74) is 6.16. The van der Waals surface area contributed by atoms with Gasteiger partial charge in [-0.15, -0.1) is 0 Å². The quantitative estimate of drug-likeness (QED) is 0.840. The van der Waals surface area contributed by atoms with Crippen molar-refractivity contribution in [2.75, 3.05) is 26.2 Å². The van der Waals surface area contributed by atoms with E-state index >= 15 is 0 Å². The lowest BCUT2D eigenvalue weighted by Gasteiger charge is -2.29. The number of piperidine rings is 1. The van der Waals surface area contributed by atoms with Crippen LogP contribution < -0.4 is 11.1 Å². The van der Waals surface area contributed by atoms with Crippen molar-refractivity contribution in [2.24, 2.45) is 11.7 Å². The molecule has 0 aliphatic carbocycles. The fourth-order valence-corrected chi connectivity index (χ4v) is 2.84. The van der Waals surface area contributed by atoms with E-state index < -0.39 is 5.91 Å². The number of carbonyl (C=O) groups is 1. The third-order valence-electron chi connectivity index (χ3n) is 4.09. The van der Waals surface area contributed by atoms with Gasteiger partial charge in [-0.2, -0.15) is 0 Å². The van der Waals surface area contributed by atoms with E-state index in [1.165, 1.54) is 25.0 Å². The molecule has 1 aliphatic heterocycles. The third-order valence-corrected chi connectivity index (χ3v) is 4.09. The molecule has 1 aromatic carbocycles. The van der Waals surface area contributed by atoms with Crippen LogP contribution in [0.3, 0.4) is 0 Å². The minimum absolute atomic E-state index is 0.278. The average molecular weight is 293 g/mol. The van der Waals surface area contributed by atoms with Gasteiger partial charge in [-0.1, -0.05) is 6.92 Å². The van der Waals surface area contributed by atoms with Gasteiger partial charge in [-0.3, -0.25) is 9.69 Å². The zero-order valence-electron chi connectivity index (χ0n) is 12.6. The van der Waals surface area contributed by atoms with E-state index in [1.807, 2.05) is 0 Å². The van der Waals surface area contributed by atoms with Crippen molar-refractivity contribution < 1.29 is 9.18 Å². The second kappa shape index (κ2) is 7.52. The van der Waals surface area contributed by atoms with Crippen LogP contribution in [0.15, 0.2) is 18.2 Å². The van der Waals surface area contributed by atoms with Gasteiger partial charge in [0.1, 0.15) is 5.82 Å². The molecule has 1 aliphatic rings. The minimum atomic E-state index is -0.518. The molecule has 5 heteroatoms. The van der Waals surface area contributed by atoms with Crippen molar-refractivity contribution >= 4 is 5.91 Å². The second-order valence-corrected chi connectivity index (χ2v) is 5.71. The first-order chi connectivity index (χ1) is 10.1. The summed E-state index contributed by atoms with van der Waals surface area (Å²) in [6.45, 7) is 6.52. The van der Waals surface area contributed by atoms with Gasteiger partial charge in [-0.25, -0.2) is 4.39 Å². The fraction of sp³-hybridized carbons (Fsp3) is 0.562. The Bertz CT molecular complexity index is 486. The zero-order valence-corrected chi connectivity index (χ0v) is 12.6. The molecule has 1 amide bonds. The molecule has 116 valence electrons. The van der Waals surface area contributed by atoms with E-state index in [0.717, 1.165) is 26.2 Å². The molecule has 0 spiro atoms. The maximum atomic E-state index is 13.9. The summed E-state index contributed by atoms with van der Waals surface area (Å²) in [5, 5.41) is 3.40. The van der Waals surface area contributed by atoms with Gasteiger partial charge in [0.15, 0.2) is 0 Å². The number of amides is 1. The van der Waals surface area contributed by atoms with E-state index in [2.05, 4.69) is 17.1 Å². The summed E-state index contributed by atoms with van der Waals surface area (Å²) in [5.74, 6) is -0.183. The van der Waals surface area contributed by atoms with Crippen LogP contribution in [0.5, 0.6) is 0 Å². The number of primary amides is 1. The lowest BCUT2D eigenvalue weighted by molar-refractivity contribution is 0.1000. The Morgan fingerprint density at radius 1 is 1.52 bits per heavy atom. The molecule has 1 saturated heterocycles. The minimum Gasteiger partial charge on any atom is -0.366 e. The molecular weight excluding hydrogens is 269 g/mol. The molecule has 1 heterocycles. The smallest absolute Gasteiger partial charge is 0.248 e. The predicted octanol–water partition coefficient (Wildman–Crippen LogP) is 1.75.